The van der Waals surface area contributed by atoms with Crippen LogP contribution in [0, 0.1) is 3.57 Å². The van der Waals surface area contributed by atoms with Crippen LogP contribution in [0.2, 0.25) is 0 Å². The number of hydrogen-bond acceptors (Lipinski definition) is 2. The van der Waals surface area contributed by atoms with Crippen LogP contribution in [0.5, 0.6) is 0 Å². The summed E-state index contributed by atoms with van der Waals surface area (Å²) in [4.78, 5) is 16.1. The molecule has 6 heteroatoms. The van der Waals surface area contributed by atoms with Gasteiger partial charge in [0.15, 0.2) is 5.78 Å². The molecule has 0 bridgehead atoms. The van der Waals surface area contributed by atoms with Gasteiger partial charge in [-0.05, 0) is 52.3 Å². The van der Waals surface area contributed by atoms with E-state index in [0.717, 1.165) is 17.7 Å². The third kappa shape index (κ3) is 2.56. The van der Waals surface area contributed by atoms with Crippen molar-refractivity contribution in [2.75, 3.05) is 0 Å². The highest BCUT2D eigenvalue weighted by Gasteiger charge is 2.31. The number of Topliss-reactive ketones (excluding diaryl/α,β-unsaturated/α-hetero) is 1. The Hall–Kier alpha value is -1.44. The molecule has 0 spiro atoms. The van der Waals surface area contributed by atoms with Crippen molar-refractivity contribution in [2.24, 2.45) is 0 Å². The van der Waals surface area contributed by atoms with Gasteiger partial charge in [0, 0.05) is 33.5 Å². The van der Waals surface area contributed by atoms with Crippen molar-refractivity contribution in [3.05, 3.63) is 50.9 Å². The van der Waals surface area contributed by atoms with Gasteiger partial charge in [-0.1, -0.05) is 6.07 Å². The van der Waals surface area contributed by atoms with Gasteiger partial charge in [0.1, 0.15) is 0 Å². The predicted octanol–water partition coefficient (Wildman–Crippen LogP) is 4.50. The molecule has 1 aliphatic carbocycles. The Kier molecular flexibility index (Phi) is 3.51. The van der Waals surface area contributed by atoms with Crippen LogP contribution in [0.15, 0.2) is 30.6 Å². The highest BCUT2D eigenvalue weighted by molar-refractivity contribution is 14.1. The second-order valence-electron chi connectivity index (χ2n) is 4.84. The van der Waals surface area contributed by atoms with Gasteiger partial charge in [0.25, 0.3) is 0 Å². The first-order chi connectivity index (χ1) is 9.88. The summed E-state index contributed by atoms with van der Waals surface area (Å²) < 4.78 is 38.6. The summed E-state index contributed by atoms with van der Waals surface area (Å²) in [5, 5.41) is 0. The summed E-state index contributed by atoms with van der Waals surface area (Å²) in [6, 6.07) is 3.54. The third-order valence-corrected chi connectivity index (χ3v) is 4.40. The van der Waals surface area contributed by atoms with E-state index in [1.807, 2.05) is 22.6 Å². The topological polar surface area (TPSA) is 30.0 Å². The molecule has 2 nitrogen and oxygen atoms in total. The second kappa shape index (κ2) is 5.08. The van der Waals surface area contributed by atoms with Crippen LogP contribution in [0.25, 0.3) is 11.1 Å². The molecular formula is C15H9F3INO. The lowest BCUT2D eigenvalue weighted by Gasteiger charge is -2.12. The van der Waals surface area contributed by atoms with Crippen LogP contribution in [0.1, 0.15) is 27.9 Å². The number of carbonyl (C=O) groups excluding carboxylic acids is 1. The molecule has 1 aromatic heterocycles. The van der Waals surface area contributed by atoms with Crippen LogP contribution < -0.4 is 0 Å². The van der Waals surface area contributed by atoms with Gasteiger partial charge >= 0.3 is 6.18 Å². The maximum Gasteiger partial charge on any atom is 0.416 e. The molecule has 3 rings (SSSR count). The Balaban J connectivity index is 2.15. The number of aromatic nitrogens is 1. The summed E-state index contributed by atoms with van der Waals surface area (Å²) in [6.07, 6.45) is -0.0872. The van der Waals surface area contributed by atoms with Crippen LogP contribution in [-0.2, 0) is 12.6 Å². The first-order valence-corrected chi connectivity index (χ1v) is 7.33. The summed E-state index contributed by atoms with van der Waals surface area (Å²) in [6.45, 7) is 0. The molecule has 0 saturated heterocycles. The highest BCUT2D eigenvalue weighted by atomic mass is 127. The summed E-state index contributed by atoms with van der Waals surface area (Å²) >= 11 is 1.86. The van der Waals surface area contributed by atoms with E-state index in [1.54, 1.807) is 12.4 Å². The van der Waals surface area contributed by atoms with E-state index >= 15 is 0 Å². The molecule has 1 aromatic carbocycles. The highest BCUT2D eigenvalue weighted by Crippen LogP contribution is 2.37. The van der Waals surface area contributed by atoms with Gasteiger partial charge in [-0.25, -0.2) is 0 Å². The van der Waals surface area contributed by atoms with Crippen molar-refractivity contribution in [3.8, 4) is 11.1 Å². The minimum atomic E-state index is -4.37. The standard InChI is InChI=1S/C15H9F3INO/c16-15(17,18)9-2-3-10(12(19)5-9)11-7-20-6-8-1-4-13(21)14(8)11/h2-3,5-7H,1,4H2. The van der Waals surface area contributed by atoms with Crippen molar-refractivity contribution in [1.29, 1.82) is 0 Å². The van der Waals surface area contributed by atoms with Gasteiger partial charge in [0.05, 0.1) is 5.56 Å². The number of carbonyl (C=O) groups is 1. The fraction of sp³-hybridized carbons (Fsp3) is 0.200. The van der Waals surface area contributed by atoms with Gasteiger partial charge in [-0.2, -0.15) is 13.2 Å². The maximum atomic E-state index is 12.7. The van der Waals surface area contributed by atoms with Gasteiger partial charge in [0.2, 0.25) is 0 Å². The van der Waals surface area contributed by atoms with E-state index < -0.39 is 11.7 Å². The quantitative estimate of drug-likeness (QED) is 0.657. The lowest BCUT2D eigenvalue weighted by atomic mass is 9.98. The summed E-state index contributed by atoms with van der Waals surface area (Å²) in [7, 11) is 0. The number of fused-ring (bicyclic) bond motifs is 1. The van der Waals surface area contributed by atoms with Crippen molar-refractivity contribution in [2.45, 2.75) is 19.0 Å². The Morgan fingerprint density at radius 3 is 2.52 bits per heavy atom. The average Bonchev–Trinajstić information content (AvgIpc) is 2.80. The smallest absolute Gasteiger partial charge is 0.294 e. The number of ketones is 1. The minimum absolute atomic E-state index is 0.0260. The molecule has 0 aliphatic heterocycles. The number of aryl methyl sites for hydroxylation is 1. The van der Waals surface area contributed by atoms with Crippen LogP contribution in [0.4, 0.5) is 13.2 Å². The zero-order valence-corrected chi connectivity index (χ0v) is 12.8. The number of rotatable bonds is 1. The number of hydrogen-bond donors (Lipinski definition) is 0. The summed E-state index contributed by atoms with van der Waals surface area (Å²) in [5.41, 5.74) is 2.01. The maximum absolute atomic E-state index is 12.7. The second-order valence-corrected chi connectivity index (χ2v) is 6.00. The molecule has 108 valence electrons. The van der Waals surface area contributed by atoms with Gasteiger partial charge in [-0.15, -0.1) is 0 Å². The molecule has 0 saturated carbocycles. The van der Waals surface area contributed by atoms with Crippen LogP contribution in [0.3, 0.4) is 0 Å². The molecular weight excluding hydrogens is 394 g/mol. The van der Waals surface area contributed by atoms with E-state index in [9.17, 15) is 18.0 Å². The number of pyridine rings is 1. The third-order valence-electron chi connectivity index (χ3n) is 3.51. The minimum Gasteiger partial charge on any atom is -0.294 e. The molecule has 2 aromatic rings. The van der Waals surface area contributed by atoms with Crippen molar-refractivity contribution in [1.82, 2.24) is 4.98 Å². The largest absolute Gasteiger partial charge is 0.416 e. The Morgan fingerprint density at radius 2 is 1.86 bits per heavy atom. The number of alkyl halides is 3. The number of benzene rings is 1. The molecule has 0 amide bonds. The number of nitrogens with zero attached hydrogens (tertiary/aromatic N) is 1. The fourth-order valence-corrected chi connectivity index (χ4v) is 3.32. The average molecular weight is 403 g/mol. The zero-order chi connectivity index (χ0) is 15.2. The van der Waals surface area contributed by atoms with E-state index in [1.165, 1.54) is 6.07 Å². The molecule has 0 unspecified atom stereocenters. The Bertz CT molecular complexity index is 740. The van der Waals surface area contributed by atoms with E-state index in [4.69, 9.17) is 0 Å². The molecule has 0 N–H and O–H groups in total. The van der Waals surface area contributed by atoms with Gasteiger partial charge in [-0.3, -0.25) is 9.78 Å². The lowest BCUT2D eigenvalue weighted by molar-refractivity contribution is -0.137. The first kappa shape index (κ1) is 14.5. The van der Waals surface area contributed by atoms with Crippen LogP contribution >= 0.6 is 22.6 Å². The monoisotopic (exact) mass is 403 g/mol. The molecule has 0 atom stereocenters. The SMILES string of the molecule is O=C1CCc2cncc(-c3ccc(C(F)(F)F)cc3I)c21. The molecule has 1 heterocycles. The normalized spacial score (nSPS) is 14.4. The molecule has 1 aliphatic rings. The zero-order valence-electron chi connectivity index (χ0n) is 10.7. The van der Waals surface area contributed by atoms with Crippen molar-refractivity contribution >= 4 is 28.4 Å². The Labute approximate surface area is 132 Å². The Morgan fingerprint density at radius 1 is 1.10 bits per heavy atom. The van der Waals surface area contributed by atoms with Crippen LogP contribution in [-0.4, -0.2) is 10.8 Å². The van der Waals surface area contributed by atoms with Crippen molar-refractivity contribution in [3.63, 3.8) is 0 Å². The first-order valence-electron chi connectivity index (χ1n) is 6.25. The van der Waals surface area contributed by atoms with E-state index in [2.05, 4.69) is 4.98 Å². The van der Waals surface area contributed by atoms with E-state index in [-0.39, 0.29) is 5.78 Å². The number of halogens is 4. The van der Waals surface area contributed by atoms with E-state index in [0.29, 0.717) is 33.1 Å². The van der Waals surface area contributed by atoms with Gasteiger partial charge < -0.3 is 0 Å². The molecule has 0 fully saturated rings. The fourth-order valence-electron chi connectivity index (χ4n) is 2.51. The molecule has 0 radical (unpaired) electrons. The van der Waals surface area contributed by atoms with Crippen molar-refractivity contribution < 1.29 is 18.0 Å². The summed E-state index contributed by atoms with van der Waals surface area (Å²) in [5.74, 6) is 0.0260. The lowest BCUT2D eigenvalue weighted by Crippen LogP contribution is -2.06. The molecule has 21 heavy (non-hydrogen) atoms. The predicted molar refractivity (Wildman–Crippen MR) is 80.0 cm³/mol.